The van der Waals surface area contributed by atoms with Crippen LogP contribution in [0.25, 0.3) is 0 Å². The van der Waals surface area contributed by atoms with Crippen molar-refractivity contribution < 1.29 is 23.9 Å². The molecule has 158 valence electrons. The fourth-order valence-corrected chi connectivity index (χ4v) is 3.28. The van der Waals surface area contributed by atoms with Gasteiger partial charge in [0.25, 0.3) is 0 Å². The predicted octanol–water partition coefficient (Wildman–Crippen LogP) is 3.76. The van der Waals surface area contributed by atoms with Gasteiger partial charge in [0.1, 0.15) is 5.75 Å². The summed E-state index contributed by atoms with van der Waals surface area (Å²) < 4.78 is 10.6. The van der Waals surface area contributed by atoms with Gasteiger partial charge in [-0.1, -0.05) is 18.2 Å². The Kier molecular flexibility index (Phi) is 7.43. The molecule has 30 heavy (non-hydrogen) atoms. The Bertz CT molecular complexity index is 859. The summed E-state index contributed by atoms with van der Waals surface area (Å²) in [7, 11) is 0. The highest BCUT2D eigenvalue weighted by atomic mass is 16.5. The Balaban J connectivity index is 1.41. The summed E-state index contributed by atoms with van der Waals surface area (Å²) in [5.41, 5.74) is 1.20. The average Bonchev–Trinajstić information content (AvgIpc) is 2.78. The molecule has 0 radical (unpaired) electrons. The molecule has 2 aromatic rings. The van der Waals surface area contributed by atoms with E-state index in [1.807, 2.05) is 37.3 Å². The summed E-state index contributed by atoms with van der Waals surface area (Å²) in [4.78, 5) is 38.6. The quantitative estimate of drug-likeness (QED) is 0.555. The Labute approximate surface area is 176 Å². The Morgan fingerprint density at radius 3 is 2.30 bits per heavy atom. The van der Waals surface area contributed by atoms with E-state index in [4.69, 9.17) is 9.47 Å². The number of likely N-dealkylation sites (tertiary alicyclic amines) is 1. The number of anilines is 1. The number of hydrogen-bond donors (Lipinski definition) is 1. The smallest absolute Gasteiger partial charge is 0.321 e. The van der Waals surface area contributed by atoms with Gasteiger partial charge in [0.05, 0.1) is 12.5 Å². The van der Waals surface area contributed by atoms with Crippen molar-refractivity contribution in [2.75, 3.05) is 31.6 Å². The number of carbonyl (C=O) groups is 3. The normalized spacial score (nSPS) is 14.1. The van der Waals surface area contributed by atoms with Crippen LogP contribution in [-0.4, -0.2) is 49.0 Å². The molecule has 1 N–H and O–H groups in total. The van der Waals surface area contributed by atoms with E-state index in [1.54, 1.807) is 29.2 Å². The molecule has 1 saturated heterocycles. The average molecular weight is 410 g/mol. The summed E-state index contributed by atoms with van der Waals surface area (Å²) in [6, 6.07) is 15.8. The van der Waals surface area contributed by atoms with Crippen molar-refractivity contribution in [2.24, 2.45) is 5.92 Å². The molecule has 0 saturated carbocycles. The minimum atomic E-state index is -0.391. The zero-order chi connectivity index (χ0) is 21.3. The number of hydrogen-bond acceptors (Lipinski definition) is 5. The summed E-state index contributed by atoms with van der Waals surface area (Å²) in [5.74, 6) is -0.267. The lowest BCUT2D eigenvalue weighted by Crippen LogP contribution is -2.42. The monoisotopic (exact) mass is 410 g/mol. The number of Topliss-reactive ketones (excluding diaryl/α,β-unsaturated/α-hetero) is 1. The Morgan fingerprint density at radius 2 is 1.67 bits per heavy atom. The predicted molar refractivity (Wildman–Crippen MR) is 113 cm³/mol. The highest BCUT2D eigenvalue weighted by Crippen LogP contribution is 2.20. The number of nitrogens with zero attached hydrogens (tertiary/aromatic N) is 1. The molecular weight excluding hydrogens is 384 g/mol. The number of ketones is 1. The zero-order valence-electron chi connectivity index (χ0n) is 17.0. The number of ether oxygens (including phenoxy) is 2. The molecule has 2 aromatic carbocycles. The molecule has 1 aliphatic rings. The van der Waals surface area contributed by atoms with Crippen LogP contribution >= 0.6 is 0 Å². The van der Waals surface area contributed by atoms with Gasteiger partial charge in [0, 0.05) is 24.3 Å². The molecule has 7 heteroatoms. The van der Waals surface area contributed by atoms with Crippen LogP contribution in [0.3, 0.4) is 0 Å². The SMILES string of the molecule is CCOc1ccc(C(=O)COC(=O)C2CCN(C(=O)Nc3ccccc3)CC2)cc1. The van der Waals surface area contributed by atoms with Crippen molar-refractivity contribution >= 4 is 23.5 Å². The summed E-state index contributed by atoms with van der Waals surface area (Å²) in [5, 5.41) is 2.84. The maximum Gasteiger partial charge on any atom is 0.321 e. The van der Waals surface area contributed by atoms with Gasteiger partial charge in [-0.25, -0.2) is 4.79 Å². The number of rotatable bonds is 7. The first kappa shape index (κ1) is 21.4. The topological polar surface area (TPSA) is 84.9 Å². The highest BCUT2D eigenvalue weighted by molar-refractivity contribution is 5.98. The van der Waals surface area contributed by atoms with Gasteiger partial charge in [0.15, 0.2) is 12.4 Å². The minimum absolute atomic E-state index is 0.182. The van der Waals surface area contributed by atoms with Gasteiger partial charge in [-0.05, 0) is 56.2 Å². The number of urea groups is 1. The number of piperidine rings is 1. The van der Waals surface area contributed by atoms with E-state index in [2.05, 4.69) is 5.32 Å². The van der Waals surface area contributed by atoms with Gasteiger partial charge in [0.2, 0.25) is 0 Å². The summed E-state index contributed by atoms with van der Waals surface area (Å²) in [6.07, 6.45) is 1.02. The molecule has 0 bridgehead atoms. The number of carbonyl (C=O) groups excluding carboxylic acids is 3. The molecule has 3 rings (SSSR count). The molecule has 0 aromatic heterocycles. The maximum atomic E-state index is 12.3. The first-order chi connectivity index (χ1) is 14.6. The Morgan fingerprint density at radius 1 is 1.00 bits per heavy atom. The van der Waals surface area contributed by atoms with Crippen LogP contribution in [0.15, 0.2) is 54.6 Å². The fourth-order valence-electron chi connectivity index (χ4n) is 3.28. The van der Waals surface area contributed by atoms with Gasteiger partial charge in [-0.2, -0.15) is 0 Å². The summed E-state index contributed by atoms with van der Waals surface area (Å²) in [6.45, 7) is 3.08. The van der Waals surface area contributed by atoms with E-state index in [9.17, 15) is 14.4 Å². The van der Waals surface area contributed by atoms with Crippen molar-refractivity contribution in [2.45, 2.75) is 19.8 Å². The van der Waals surface area contributed by atoms with E-state index >= 15 is 0 Å². The van der Waals surface area contributed by atoms with Crippen LogP contribution in [0.4, 0.5) is 10.5 Å². The van der Waals surface area contributed by atoms with E-state index in [0.29, 0.717) is 43.9 Å². The maximum absolute atomic E-state index is 12.3. The third-order valence-electron chi connectivity index (χ3n) is 4.97. The Hall–Kier alpha value is -3.35. The van der Waals surface area contributed by atoms with Crippen molar-refractivity contribution in [1.29, 1.82) is 0 Å². The lowest BCUT2D eigenvalue weighted by molar-refractivity contribution is -0.148. The third-order valence-corrected chi connectivity index (χ3v) is 4.97. The standard InChI is InChI=1S/C23H26N2O5/c1-2-29-20-10-8-17(9-11-20)21(26)16-30-22(27)18-12-14-25(15-13-18)23(28)24-19-6-4-3-5-7-19/h3-11,18H,2,12-16H2,1H3,(H,24,28). The number of benzene rings is 2. The number of nitrogens with one attached hydrogen (secondary N) is 1. The van der Waals surface area contributed by atoms with Gasteiger partial charge < -0.3 is 19.7 Å². The molecule has 1 aliphatic heterocycles. The van der Waals surface area contributed by atoms with Crippen LogP contribution in [0.5, 0.6) is 5.75 Å². The zero-order valence-corrected chi connectivity index (χ0v) is 17.0. The van der Waals surface area contributed by atoms with Crippen LogP contribution < -0.4 is 10.1 Å². The fraction of sp³-hybridized carbons (Fsp3) is 0.348. The molecule has 1 heterocycles. The molecule has 0 unspecified atom stereocenters. The van der Waals surface area contributed by atoms with Gasteiger partial charge in [-0.15, -0.1) is 0 Å². The minimum Gasteiger partial charge on any atom is -0.494 e. The van der Waals surface area contributed by atoms with Crippen LogP contribution in [-0.2, 0) is 9.53 Å². The highest BCUT2D eigenvalue weighted by Gasteiger charge is 2.28. The van der Waals surface area contributed by atoms with Crippen molar-refractivity contribution in [3.8, 4) is 5.75 Å². The molecule has 2 amide bonds. The second-order valence-electron chi connectivity index (χ2n) is 7.05. The van der Waals surface area contributed by atoms with E-state index < -0.39 is 5.97 Å². The third kappa shape index (κ3) is 5.83. The molecule has 0 aliphatic carbocycles. The van der Waals surface area contributed by atoms with Crippen LogP contribution in [0, 0.1) is 5.92 Å². The largest absolute Gasteiger partial charge is 0.494 e. The van der Waals surface area contributed by atoms with E-state index in [1.165, 1.54) is 0 Å². The van der Waals surface area contributed by atoms with E-state index in [0.717, 1.165) is 5.69 Å². The molecule has 7 nitrogen and oxygen atoms in total. The second kappa shape index (κ2) is 10.4. The second-order valence-corrected chi connectivity index (χ2v) is 7.05. The van der Waals surface area contributed by atoms with Crippen LogP contribution in [0.2, 0.25) is 0 Å². The van der Waals surface area contributed by atoms with Gasteiger partial charge in [-0.3, -0.25) is 9.59 Å². The lowest BCUT2D eigenvalue weighted by atomic mass is 9.97. The summed E-state index contributed by atoms with van der Waals surface area (Å²) >= 11 is 0. The molecule has 1 fully saturated rings. The van der Waals surface area contributed by atoms with Gasteiger partial charge >= 0.3 is 12.0 Å². The van der Waals surface area contributed by atoms with Crippen LogP contribution in [0.1, 0.15) is 30.1 Å². The number of esters is 1. The van der Waals surface area contributed by atoms with Crippen molar-refractivity contribution in [3.63, 3.8) is 0 Å². The van der Waals surface area contributed by atoms with Crippen molar-refractivity contribution in [1.82, 2.24) is 4.90 Å². The molecule has 0 atom stereocenters. The number of amides is 2. The molecular formula is C23H26N2O5. The lowest BCUT2D eigenvalue weighted by Gasteiger charge is -2.30. The number of para-hydroxylation sites is 1. The van der Waals surface area contributed by atoms with E-state index in [-0.39, 0.29) is 24.3 Å². The first-order valence-corrected chi connectivity index (χ1v) is 10.1. The molecule has 0 spiro atoms. The van der Waals surface area contributed by atoms with Crippen molar-refractivity contribution in [3.05, 3.63) is 60.2 Å². The first-order valence-electron chi connectivity index (χ1n) is 10.1.